The van der Waals surface area contributed by atoms with Crippen LogP contribution in [0.4, 0.5) is 8.78 Å². The molecule has 3 aliphatic rings. The molecule has 0 bridgehead atoms. The molecular formula is C36H59F2N3O7. The molecule has 0 aromatic rings. The Labute approximate surface area is 285 Å². The molecule has 0 radical (unpaired) electrons. The summed E-state index contributed by atoms with van der Waals surface area (Å²) in [5.74, 6) is -5.21. The van der Waals surface area contributed by atoms with Crippen molar-refractivity contribution in [2.75, 3.05) is 54.2 Å². The number of amides is 2. The number of aliphatic hydroxyl groups excluding tert-OH is 1. The lowest BCUT2D eigenvalue weighted by atomic mass is 9.77. The molecule has 0 aromatic carbocycles. The van der Waals surface area contributed by atoms with Crippen LogP contribution in [0.5, 0.6) is 0 Å². The number of piperidine rings is 1. The van der Waals surface area contributed by atoms with Crippen molar-refractivity contribution in [3.8, 4) is 0 Å². The molecule has 0 spiro atoms. The van der Waals surface area contributed by atoms with Gasteiger partial charge in [0.25, 0.3) is 5.92 Å². The second-order valence-electron chi connectivity index (χ2n) is 14.1. The number of ketones is 1. The molecule has 12 heteroatoms. The molecule has 3 rings (SSSR count). The minimum Gasteiger partial charge on any atom is -0.379 e. The number of carbonyl (C=O) groups excluding carboxylic acids is 3. The van der Waals surface area contributed by atoms with E-state index in [0.717, 1.165) is 51.4 Å². The summed E-state index contributed by atoms with van der Waals surface area (Å²) in [4.78, 5) is 44.1. The molecule has 2 aliphatic carbocycles. The van der Waals surface area contributed by atoms with Gasteiger partial charge in [-0.2, -0.15) is 0 Å². The molecule has 1 saturated heterocycles. The maximum absolute atomic E-state index is 14.9. The fourth-order valence-corrected chi connectivity index (χ4v) is 7.06. The smallest absolute Gasteiger partial charge is 0.292 e. The number of methoxy groups -OCH3 is 1. The van der Waals surface area contributed by atoms with Gasteiger partial charge in [-0.05, 0) is 58.5 Å². The van der Waals surface area contributed by atoms with Crippen LogP contribution < -0.4 is 5.32 Å². The van der Waals surface area contributed by atoms with Crippen LogP contribution in [0.2, 0.25) is 0 Å². The summed E-state index contributed by atoms with van der Waals surface area (Å²) in [6, 6.07) is -1.26. The van der Waals surface area contributed by atoms with Crippen molar-refractivity contribution < 1.29 is 42.5 Å². The van der Waals surface area contributed by atoms with Crippen molar-refractivity contribution in [1.82, 2.24) is 15.1 Å². The van der Waals surface area contributed by atoms with Gasteiger partial charge in [-0.15, -0.1) is 0 Å². The molecule has 1 saturated carbocycles. The van der Waals surface area contributed by atoms with Crippen LogP contribution in [0.25, 0.3) is 0 Å². The summed E-state index contributed by atoms with van der Waals surface area (Å²) in [6.45, 7) is 2.68. The van der Waals surface area contributed by atoms with E-state index in [4.69, 9.17) is 14.2 Å². The number of nitrogens with zero attached hydrogens (tertiary/aromatic N) is 2. The first-order valence-electron chi connectivity index (χ1n) is 17.8. The predicted octanol–water partition coefficient (Wildman–Crippen LogP) is 4.65. The number of hydrogen-bond donors (Lipinski definition) is 2. The Morgan fingerprint density at radius 2 is 1.81 bits per heavy atom. The largest absolute Gasteiger partial charge is 0.379 e. The minimum atomic E-state index is -3.68. The van der Waals surface area contributed by atoms with Gasteiger partial charge < -0.3 is 34.4 Å². The maximum Gasteiger partial charge on any atom is 0.292 e. The van der Waals surface area contributed by atoms with Crippen molar-refractivity contribution >= 4 is 17.6 Å². The van der Waals surface area contributed by atoms with Crippen LogP contribution >= 0.6 is 0 Å². The number of hydrogen-bond acceptors (Lipinski definition) is 8. The van der Waals surface area contributed by atoms with E-state index in [9.17, 15) is 28.3 Å². The Morgan fingerprint density at radius 1 is 1.10 bits per heavy atom. The molecule has 10 nitrogen and oxygen atoms in total. The molecular weight excluding hydrogens is 624 g/mol. The molecule has 2 fully saturated rings. The van der Waals surface area contributed by atoms with E-state index in [2.05, 4.69) is 5.32 Å². The Hall–Kier alpha value is -2.25. The lowest BCUT2D eigenvalue weighted by molar-refractivity contribution is -0.159. The average molecular weight is 684 g/mol. The highest BCUT2D eigenvalue weighted by Gasteiger charge is 2.47. The minimum absolute atomic E-state index is 0.0113. The van der Waals surface area contributed by atoms with Gasteiger partial charge in [0.1, 0.15) is 12.9 Å². The van der Waals surface area contributed by atoms with Crippen LogP contribution in [0.15, 0.2) is 24.3 Å². The molecule has 2 N–H and O–H groups in total. The summed E-state index contributed by atoms with van der Waals surface area (Å²) in [5.41, 5.74) is -0.817. The first kappa shape index (κ1) is 40.2. The van der Waals surface area contributed by atoms with Crippen molar-refractivity contribution in [2.24, 2.45) is 11.3 Å². The van der Waals surface area contributed by atoms with Crippen molar-refractivity contribution in [3.63, 3.8) is 0 Å². The highest BCUT2D eigenvalue weighted by Crippen LogP contribution is 2.36. The lowest BCUT2D eigenvalue weighted by Crippen LogP contribution is -2.55. The highest BCUT2D eigenvalue weighted by molar-refractivity contribution is 5.93. The van der Waals surface area contributed by atoms with E-state index in [1.165, 1.54) is 19.0 Å². The van der Waals surface area contributed by atoms with Gasteiger partial charge in [-0.3, -0.25) is 14.4 Å². The molecule has 1 aliphatic heterocycles. The third-order valence-electron chi connectivity index (χ3n) is 9.85. The van der Waals surface area contributed by atoms with Gasteiger partial charge >= 0.3 is 0 Å². The van der Waals surface area contributed by atoms with Crippen LogP contribution in [0.1, 0.15) is 90.4 Å². The van der Waals surface area contributed by atoms with Crippen molar-refractivity contribution in [1.29, 1.82) is 0 Å². The third-order valence-corrected chi connectivity index (χ3v) is 9.85. The summed E-state index contributed by atoms with van der Waals surface area (Å²) >= 11 is 0. The van der Waals surface area contributed by atoms with Crippen LogP contribution in [-0.2, 0) is 28.6 Å². The summed E-state index contributed by atoms with van der Waals surface area (Å²) < 4.78 is 46.6. The molecule has 4 atom stereocenters. The second kappa shape index (κ2) is 19.8. The summed E-state index contributed by atoms with van der Waals surface area (Å²) in [7, 11) is 4.47. The van der Waals surface area contributed by atoms with E-state index in [-0.39, 0.29) is 37.7 Å². The Kier molecular flexibility index (Phi) is 16.6. The number of aliphatic hydroxyl groups is 1. The van der Waals surface area contributed by atoms with Gasteiger partial charge in [-0.1, -0.05) is 76.2 Å². The standard InChI is InChI=1S/C36H59F2N3O7/c1-5-6-15-30(33(44)39-29(24-27-13-9-7-10-14-27)31(42)32(43)36(37,38)25-40(2)3)47-23-20-35(18-11-8-12-19-35)34(45)41-21-16-28(17-22-41)48-26-46-4/h8,11-12,18,27-30,32,43H,5-7,9-10,13-17,19-26H2,1-4H3,(H,39,44)/t29-,30-,32+,35-/m0/s1. The average Bonchev–Trinajstić information content (AvgIpc) is 3.08. The van der Waals surface area contributed by atoms with Crippen LogP contribution in [0.3, 0.4) is 0 Å². The van der Waals surface area contributed by atoms with E-state index in [0.29, 0.717) is 38.8 Å². The quantitative estimate of drug-likeness (QED) is 0.178. The van der Waals surface area contributed by atoms with Crippen molar-refractivity contribution in [3.05, 3.63) is 24.3 Å². The first-order valence-corrected chi connectivity index (χ1v) is 17.8. The van der Waals surface area contributed by atoms with E-state index >= 15 is 0 Å². The predicted molar refractivity (Wildman–Crippen MR) is 179 cm³/mol. The monoisotopic (exact) mass is 683 g/mol. The molecule has 1 heterocycles. The lowest BCUT2D eigenvalue weighted by Gasteiger charge is -2.39. The molecule has 0 aromatic heterocycles. The van der Waals surface area contributed by atoms with Gasteiger partial charge in [0.2, 0.25) is 11.8 Å². The fourth-order valence-electron chi connectivity index (χ4n) is 7.06. The normalized spacial score (nSPS) is 22.9. The van der Waals surface area contributed by atoms with Crippen molar-refractivity contribution in [2.45, 2.75) is 121 Å². The number of likely N-dealkylation sites (tertiary alicyclic amines) is 1. The number of unbranched alkanes of at least 4 members (excludes halogenated alkanes) is 1. The highest BCUT2D eigenvalue weighted by atomic mass is 19.3. The van der Waals surface area contributed by atoms with Gasteiger partial charge in [0.15, 0.2) is 11.9 Å². The van der Waals surface area contributed by atoms with Crippen LogP contribution in [-0.4, -0.2) is 117 Å². The molecule has 274 valence electrons. The number of allylic oxidation sites excluding steroid dienone is 3. The SMILES string of the molecule is CCCC[C@H](OCC[C@]1(C(=O)N2CCC(OCOC)CC2)C=CC=CC1)C(=O)N[C@@H](CC1CCCCC1)C(=O)[C@@H](O)C(F)(F)CN(C)C. The molecule has 2 amide bonds. The second-order valence-corrected chi connectivity index (χ2v) is 14.1. The van der Waals surface area contributed by atoms with Crippen LogP contribution in [0, 0.1) is 11.3 Å². The first-order chi connectivity index (χ1) is 22.9. The zero-order valence-electron chi connectivity index (χ0n) is 29.5. The fraction of sp³-hybridized carbons (Fsp3) is 0.806. The molecule has 48 heavy (non-hydrogen) atoms. The zero-order chi connectivity index (χ0) is 35.2. The summed E-state index contributed by atoms with van der Waals surface area (Å²) in [6.07, 6.45) is 13.3. The number of carbonyl (C=O) groups is 3. The molecule has 0 unspecified atom stereocenters. The Balaban J connectivity index is 1.70. The van der Waals surface area contributed by atoms with Gasteiger partial charge in [0.05, 0.1) is 24.1 Å². The Morgan fingerprint density at radius 3 is 2.42 bits per heavy atom. The number of halogens is 2. The zero-order valence-corrected chi connectivity index (χ0v) is 29.5. The topological polar surface area (TPSA) is 118 Å². The van der Waals surface area contributed by atoms with Gasteiger partial charge in [-0.25, -0.2) is 8.78 Å². The Bertz CT molecular complexity index is 1070. The van der Waals surface area contributed by atoms with E-state index < -0.39 is 47.8 Å². The number of alkyl halides is 2. The summed E-state index contributed by atoms with van der Waals surface area (Å²) in [5, 5.41) is 13.3. The van der Waals surface area contributed by atoms with E-state index in [1.807, 2.05) is 36.1 Å². The third kappa shape index (κ3) is 12.0. The van der Waals surface area contributed by atoms with Gasteiger partial charge in [0, 0.05) is 26.8 Å². The number of Topliss-reactive ketones (excluding diaryl/α,β-unsaturated/α-hetero) is 1. The number of rotatable bonds is 20. The van der Waals surface area contributed by atoms with E-state index in [1.54, 1.807) is 7.11 Å². The number of ether oxygens (including phenoxy) is 3. The maximum atomic E-state index is 14.9. The number of nitrogens with one attached hydrogen (secondary N) is 1.